The Hall–Kier alpha value is -0.580. The van der Waals surface area contributed by atoms with Crippen LogP contribution in [0.25, 0.3) is 0 Å². The number of methoxy groups -OCH3 is 1. The van der Waals surface area contributed by atoms with Crippen LogP contribution >= 0.6 is 15.9 Å². The molecule has 100 valence electrons. The largest absolute Gasteiger partial charge is 0.497 e. The first kappa shape index (κ1) is 13.8. The highest BCUT2D eigenvalue weighted by molar-refractivity contribution is 9.10. The Morgan fingerprint density at radius 3 is 2.83 bits per heavy atom. The molecular weight excluding hydrogens is 294 g/mol. The Bertz CT molecular complexity index is 397. The lowest BCUT2D eigenvalue weighted by molar-refractivity contribution is 0.00374. The predicted molar refractivity (Wildman–Crippen MR) is 75.7 cm³/mol. The summed E-state index contributed by atoms with van der Waals surface area (Å²) in [6.07, 6.45) is 4.78. The molecule has 1 aliphatic rings. The van der Waals surface area contributed by atoms with E-state index >= 15 is 0 Å². The van der Waals surface area contributed by atoms with Crippen LogP contribution in [0.2, 0.25) is 0 Å². The minimum Gasteiger partial charge on any atom is -0.497 e. The summed E-state index contributed by atoms with van der Waals surface area (Å²) in [6.45, 7) is 0.580. The number of benzene rings is 1. The molecule has 0 bridgehead atoms. The maximum Gasteiger partial charge on any atom is 0.119 e. The van der Waals surface area contributed by atoms with Crippen LogP contribution < -0.4 is 10.5 Å². The SMILES string of the molecule is COc1ccc(Br)c(COC2CCCCC2N)c1. The molecule has 0 radical (unpaired) electrons. The second-order valence-electron chi connectivity index (χ2n) is 4.76. The summed E-state index contributed by atoms with van der Waals surface area (Å²) in [5.41, 5.74) is 7.18. The van der Waals surface area contributed by atoms with Gasteiger partial charge in [-0.2, -0.15) is 0 Å². The summed E-state index contributed by atoms with van der Waals surface area (Å²) < 4.78 is 12.2. The van der Waals surface area contributed by atoms with Crippen molar-refractivity contribution in [2.24, 2.45) is 5.73 Å². The summed E-state index contributed by atoms with van der Waals surface area (Å²) in [7, 11) is 1.67. The number of rotatable bonds is 4. The molecule has 0 saturated heterocycles. The molecule has 4 heteroatoms. The van der Waals surface area contributed by atoms with Crippen LogP contribution in [0, 0.1) is 0 Å². The standard InChI is InChI=1S/C14H20BrNO2/c1-17-11-6-7-12(15)10(8-11)9-18-14-5-3-2-4-13(14)16/h6-8,13-14H,2-5,9,16H2,1H3. The van der Waals surface area contributed by atoms with Gasteiger partial charge in [-0.15, -0.1) is 0 Å². The molecule has 0 spiro atoms. The molecule has 0 aliphatic heterocycles. The summed E-state index contributed by atoms with van der Waals surface area (Å²) in [5, 5.41) is 0. The normalized spacial score (nSPS) is 23.9. The molecule has 1 aromatic carbocycles. The van der Waals surface area contributed by atoms with Crippen LogP contribution in [0.4, 0.5) is 0 Å². The number of hydrogen-bond donors (Lipinski definition) is 1. The molecule has 0 heterocycles. The highest BCUT2D eigenvalue weighted by Crippen LogP contribution is 2.26. The van der Waals surface area contributed by atoms with Crippen molar-refractivity contribution in [1.82, 2.24) is 0 Å². The first-order chi connectivity index (χ1) is 8.70. The van der Waals surface area contributed by atoms with Gasteiger partial charge in [-0.05, 0) is 36.6 Å². The van der Waals surface area contributed by atoms with Crippen molar-refractivity contribution in [3.8, 4) is 5.75 Å². The van der Waals surface area contributed by atoms with Gasteiger partial charge in [0.1, 0.15) is 5.75 Å². The van der Waals surface area contributed by atoms with Crippen molar-refractivity contribution >= 4 is 15.9 Å². The fourth-order valence-corrected chi connectivity index (χ4v) is 2.68. The smallest absolute Gasteiger partial charge is 0.119 e. The van der Waals surface area contributed by atoms with Crippen LogP contribution in [-0.2, 0) is 11.3 Å². The number of ether oxygens (including phenoxy) is 2. The molecule has 0 aromatic heterocycles. The van der Waals surface area contributed by atoms with E-state index in [0.29, 0.717) is 6.61 Å². The molecule has 1 aliphatic carbocycles. The Labute approximate surface area is 117 Å². The molecular formula is C14H20BrNO2. The topological polar surface area (TPSA) is 44.5 Å². The van der Waals surface area contributed by atoms with E-state index in [1.54, 1.807) is 7.11 Å². The Morgan fingerprint density at radius 1 is 1.33 bits per heavy atom. The third kappa shape index (κ3) is 3.46. The lowest BCUT2D eigenvalue weighted by atomic mass is 9.93. The summed E-state index contributed by atoms with van der Waals surface area (Å²) >= 11 is 3.53. The molecule has 0 amide bonds. The monoisotopic (exact) mass is 313 g/mol. The van der Waals surface area contributed by atoms with E-state index in [0.717, 1.165) is 28.6 Å². The average Bonchev–Trinajstić information content (AvgIpc) is 2.39. The first-order valence-electron chi connectivity index (χ1n) is 6.40. The van der Waals surface area contributed by atoms with E-state index in [1.165, 1.54) is 12.8 Å². The van der Waals surface area contributed by atoms with E-state index in [9.17, 15) is 0 Å². The van der Waals surface area contributed by atoms with Gasteiger partial charge in [0.25, 0.3) is 0 Å². The van der Waals surface area contributed by atoms with Crippen LogP contribution in [0.5, 0.6) is 5.75 Å². The molecule has 3 nitrogen and oxygen atoms in total. The van der Waals surface area contributed by atoms with Gasteiger partial charge in [0, 0.05) is 10.5 Å². The zero-order valence-corrected chi connectivity index (χ0v) is 12.3. The Kier molecular flexibility index (Phi) is 5.03. The van der Waals surface area contributed by atoms with Crippen LogP contribution in [0.1, 0.15) is 31.2 Å². The third-order valence-electron chi connectivity index (χ3n) is 3.46. The molecule has 2 rings (SSSR count). The van der Waals surface area contributed by atoms with Gasteiger partial charge in [-0.25, -0.2) is 0 Å². The van der Waals surface area contributed by atoms with Gasteiger partial charge in [-0.1, -0.05) is 28.8 Å². The van der Waals surface area contributed by atoms with E-state index < -0.39 is 0 Å². The van der Waals surface area contributed by atoms with Crippen LogP contribution in [0.3, 0.4) is 0 Å². The minimum atomic E-state index is 0.183. The Balaban J connectivity index is 1.96. The van der Waals surface area contributed by atoms with Crippen molar-refractivity contribution in [3.05, 3.63) is 28.2 Å². The highest BCUT2D eigenvalue weighted by Gasteiger charge is 2.22. The van der Waals surface area contributed by atoms with Gasteiger partial charge in [0.2, 0.25) is 0 Å². The molecule has 1 fully saturated rings. The fraction of sp³-hybridized carbons (Fsp3) is 0.571. The van der Waals surface area contributed by atoms with E-state index in [-0.39, 0.29) is 12.1 Å². The second-order valence-corrected chi connectivity index (χ2v) is 5.61. The molecule has 18 heavy (non-hydrogen) atoms. The number of hydrogen-bond acceptors (Lipinski definition) is 3. The quantitative estimate of drug-likeness (QED) is 0.928. The third-order valence-corrected chi connectivity index (χ3v) is 4.23. The van der Waals surface area contributed by atoms with Gasteiger partial charge in [0.15, 0.2) is 0 Å². The van der Waals surface area contributed by atoms with Gasteiger partial charge < -0.3 is 15.2 Å². The lowest BCUT2D eigenvalue weighted by Crippen LogP contribution is -2.39. The fourth-order valence-electron chi connectivity index (χ4n) is 2.32. The van der Waals surface area contributed by atoms with Gasteiger partial charge in [-0.3, -0.25) is 0 Å². The number of halogens is 1. The Morgan fingerprint density at radius 2 is 2.11 bits per heavy atom. The molecule has 1 saturated carbocycles. The molecule has 2 atom stereocenters. The van der Waals surface area contributed by atoms with Gasteiger partial charge >= 0.3 is 0 Å². The zero-order chi connectivity index (χ0) is 13.0. The highest BCUT2D eigenvalue weighted by atomic mass is 79.9. The minimum absolute atomic E-state index is 0.183. The first-order valence-corrected chi connectivity index (χ1v) is 7.19. The zero-order valence-electron chi connectivity index (χ0n) is 10.7. The van der Waals surface area contributed by atoms with Crippen molar-refractivity contribution in [2.45, 2.75) is 44.4 Å². The van der Waals surface area contributed by atoms with E-state index in [1.807, 2.05) is 18.2 Å². The van der Waals surface area contributed by atoms with Crippen LogP contribution in [-0.4, -0.2) is 19.3 Å². The van der Waals surface area contributed by atoms with E-state index in [2.05, 4.69) is 15.9 Å². The van der Waals surface area contributed by atoms with Gasteiger partial charge in [0.05, 0.1) is 19.8 Å². The van der Waals surface area contributed by atoms with Crippen LogP contribution in [0.15, 0.2) is 22.7 Å². The summed E-state index contributed by atoms with van der Waals surface area (Å²) in [5.74, 6) is 0.852. The average molecular weight is 314 g/mol. The van der Waals surface area contributed by atoms with Crippen molar-refractivity contribution < 1.29 is 9.47 Å². The predicted octanol–water partition coefficient (Wildman–Crippen LogP) is 3.24. The lowest BCUT2D eigenvalue weighted by Gasteiger charge is -2.28. The maximum atomic E-state index is 6.08. The van der Waals surface area contributed by atoms with Crippen molar-refractivity contribution in [2.75, 3.05) is 7.11 Å². The van der Waals surface area contributed by atoms with E-state index in [4.69, 9.17) is 15.2 Å². The van der Waals surface area contributed by atoms with Crippen molar-refractivity contribution in [1.29, 1.82) is 0 Å². The molecule has 1 aromatic rings. The maximum absolute atomic E-state index is 6.08. The summed E-state index contributed by atoms with van der Waals surface area (Å²) in [4.78, 5) is 0. The molecule has 2 N–H and O–H groups in total. The van der Waals surface area contributed by atoms with Crippen molar-refractivity contribution in [3.63, 3.8) is 0 Å². The number of nitrogens with two attached hydrogens (primary N) is 1. The second kappa shape index (κ2) is 6.55. The molecule has 2 unspecified atom stereocenters. The summed E-state index contributed by atoms with van der Waals surface area (Å²) in [6, 6.07) is 6.10.